The number of nitrogens with one attached hydrogen (secondary N) is 3. The molecule has 3 fully saturated rings. The Bertz CT molecular complexity index is 898. The number of nitrogen functional groups attached to an aromatic ring is 1. The second-order valence-electron chi connectivity index (χ2n) is 11.8. The molecule has 1 saturated heterocycles. The van der Waals surface area contributed by atoms with Crippen LogP contribution in [0.3, 0.4) is 0 Å². The number of anilines is 3. The summed E-state index contributed by atoms with van der Waals surface area (Å²) < 4.78 is 11.2. The summed E-state index contributed by atoms with van der Waals surface area (Å²) in [6.45, 7) is 7.62. The van der Waals surface area contributed by atoms with E-state index in [0.717, 1.165) is 70.1 Å². The van der Waals surface area contributed by atoms with E-state index >= 15 is 0 Å². The summed E-state index contributed by atoms with van der Waals surface area (Å²) in [6, 6.07) is 2.57. The first-order valence-corrected chi connectivity index (χ1v) is 17.0. The fourth-order valence-electron chi connectivity index (χ4n) is 6.17. The molecule has 40 heavy (non-hydrogen) atoms. The fourth-order valence-corrected chi connectivity index (χ4v) is 6.72. The van der Waals surface area contributed by atoms with Gasteiger partial charge in [-0.1, -0.05) is 26.7 Å². The monoisotopic (exact) mass is 582 g/mol. The van der Waals surface area contributed by atoms with E-state index in [-0.39, 0.29) is 13.6 Å². The maximum atomic E-state index is 11.2. The van der Waals surface area contributed by atoms with Crippen LogP contribution in [0.25, 0.3) is 0 Å². The molecular formula is C28H55N8O3P. The minimum atomic E-state index is -3.96. The first-order valence-electron chi connectivity index (χ1n) is 15.2. The standard InChI is InChI=1S/C27H51N8O3P.CH4/c28-25-19-26(35-15-13-34(14-16-35)17-18-39(36,37)38)33-27(32-25)31-21-23-9-7-22(8-10-23)20-29-11-4-12-30-24-5-2-1-3-6-24;/h19,22-24,29-30H,1-18,20-21H2,(H2,36,37,38)(H3,28,31,32,33);1H4. The average molecular weight is 583 g/mol. The summed E-state index contributed by atoms with van der Waals surface area (Å²) in [4.78, 5) is 31.6. The van der Waals surface area contributed by atoms with Crippen molar-refractivity contribution in [3.8, 4) is 0 Å². The Kier molecular flexibility index (Phi) is 13.9. The van der Waals surface area contributed by atoms with Gasteiger partial charge in [-0.05, 0) is 76.4 Å². The van der Waals surface area contributed by atoms with Gasteiger partial charge < -0.3 is 36.4 Å². The number of hydrogen-bond donors (Lipinski definition) is 6. The molecule has 0 unspecified atom stereocenters. The molecule has 0 spiro atoms. The van der Waals surface area contributed by atoms with Gasteiger partial charge in [0.15, 0.2) is 0 Å². The molecule has 0 atom stereocenters. The number of nitrogens with two attached hydrogens (primary N) is 1. The minimum Gasteiger partial charge on any atom is -0.383 e. The number of hydrogen-bond acceptors (Lipinski definition) is 9. The summed E-state index contributed by atoms with van der Waals surface area (Å²) in [5, 5.41) is 10.9. The van der Waals surface area contributed by atoms with Gasteiger partial charge in [0.1, 0.15) is 11.6 Å². The van der Waals surface area contributed by atoms with E-state index in [0.29, 0.717) is 24.2 Å². The van der Waals surface area contributed by atoms with E-state index in [9.17, 15) is 4.57 Å². The molecule has 3 aliphatic rings. The van der Waals surface area contributed by atoms with Crippen LogP contribution in [0.2, 0.25) is 0 Å². The molecule has 12 heteroatoms. The van der Waals surface area contributed by atoms with E-state index in [2.05, 4.69) is 30.7 Å². The average Bonchev–Trinajstić information content (AvgIpc) is 2.93. The number of piperazine rings is 1. The van der Waals surface area contributed by atoms with Crippen LogP contribution in [0, 0.1) is 11.8 Å². The van der Waals surface area contributed by atoms with Crippen LogP contribution in [-0.2, 0) is 4.57 Å². The Balaban J connectivity index is 0.00000441. The van der Waals surface area contributed by atoms with Crippen molar-refractivity contribution in [2.75, 3.05) is 81.0 Å². The highest BCUT2D eigenvalue weighted by Gasteiger charge is 2.23. The summed E-state index contributed by atoms with van der Waals surface area (Å²) in [5.41, 5.74) is 6.10. The van der Waals surface area contributed by atoms with Crippen LogP contribution in [0.15, 0.2) is 6.07 Å². The molecular weight excluding hydrogens is 527 g/mol. The molecule has 1 aliphatic heterocycles. The third kappa shape index (κ3) is 11.8. The lowest BCUT2D eigenvalue weighted by Crippen LogP contribution is -2.47. The summed E-state index contributed by atoms with van der Waals surface area (Å²) >= 11 is 0. The second-order valence-corrected chi connectivity index (χ2v) is 13.6. The van der Waals surface area contributed by atoms with Crippen molar-refractivity contribution in [3.05, 3.63) is 6.07 Å². The van der Waals surface area contributed by atoms with Gasteiger partial charge in [-0.3, -0.25) is 9.46 Å². The molecule has 2 heterocycles. The predicted octanol–water partition coefficient (Wildman–Crippen LogP) is 3.11. The van der Waals surface area contributed by atoms with E-state index in [4.69, 9.17) is 20.5 Å². The van der Waals surface area contributed by atoms with E-state index < -0.39 is 7.60 Å². The van der Waals surface area contributed by atoms with Crippen molar-refractivity contribution < 1.29 is 14.4 Å². The summed E-state index contributed by atoms with van der Waals surface area (Å²) in [6.07, 6.45) is 13.0. The Morgan fingerprint density at radius 2 is 1.60 bits per heavy atom. The van der Waals surface area contributed by atoms with Crippen molar-refractivity contribution in [3.63, 3.8) is 0 Å². The Morgan fingerprint density at radius 3 is 2.27 bits per heavy atom. The molecule has 1 aromatic rings. The van der Waals surface area contributed by atoms with Crippen molar-refractivity contribution >= 4 is 25.2 Å². The number of nitrogens with zero attached hydrogens (tertiary/aromatic N) is 4. The molecule has 4 rings (SSSR count). The topological polar surface area (TPSA) is 152 Å². The molecule has 230 valence electrons. The van der Waals surface area contributed by atoms with Crippen LogP contribution < -0.4 is 26.6 Å². The van der Waals surface area contributed by atoms with Crippen LogP contribution in [0.5, 0.6) is 0 Å². The third-order valence-electron chi connectivity index (χ3n) is 8.65. The molecule has 0 radical (unpaired) electrons. The largest absolute Gasteiger partial charge is 0.383 e. The summed E-state index contributed by atoms with van der Waals surface area (Å²) in [7, 11) is -3.96. The highest BCUT2D eigenvalue weighted by molar-refractivity contribution is 7.51. The normalized spacial score (nSPS) is 23.1. The lowest BCUT2D eigenvalue weighted by molar-refractivity contribution is 0.263. The molecule has 2 aliphatic carbocycles. The third-order valence-corrected chi connectivity index (χ3v) is 9.44. The van der Waals surface area contributed by atoms with Crippen molar-refractivity contribution in [2.45, 2.75) is 77.7 Å². The maximum Gasteiger partial charge on any atom is 0.326 e. The van der Waals surface area contributed by atoms with Crippen LogP contribution in [0.4, 0.5) is 17.6 Å². The van der Waals surface area contributed by atoms with Gasteiger partial charge in [0.05, 0.1) is 6.16 Å². The van der Waals surface area contributed by atoms with Gasteiger partial charge in [0.2, 0.25) is 5.95 Å². The highest BCUT2D eigenvalue weighted by atomic mass is 31.2. The zero-order chi connectivity index (χ0) is 27.5. The minimum absolute atomic E-state index is 0. The van der Waals surface area contributed by atoms with E-state index in [1.54, 1.807) is 6.07 Å². The Hall–Kier alpha value is -1.49. The smallest absolute Gasteiger partial charge is 0.326 e. The van der Waals surface area contributed by atoms with Gasteiger partial charge >= 0.3 is 7.60 Å². The van der Waals surface area contributed by atoms with Crippen LogP contribution >= 0.6 is 7.60 Å². The lowest BCUT2D eigenvalue weighted by atomic mass is 9.82. The van der Waals surface area contributed by atoms with Crippen LogP contribution in [-0.4, -0.2) is 95.8 Å². The van der Waals surface area contributed by atoms with Gasteiger partial charge in [-0.15, -0.1) is 0 Å². The highest BCUT2D eigenvalue weighted by Crippen LogP contribution is 2.34. The van der Waals surface area contributed by atoms with Crippen molar-refractivity contribution in [1.29, 1.82) is 0 Å². The Labute approximate surface area is 241 Å². The van der Waals surface area contributed by atoms with Crippen molar-refractivity contribution in [2.24, 2.45) is 11.8 Å². The molecule has 7 N–H and O–H groups in total. The SMILES string of the molecule is C.Nc1cc(N2CCN(CCP(=O)(O)O)CC2)nc(NCC2CCC(CNCCCNC3CCCCC3)CC2)n1. The second kappa shape index (κ2) is 16.8. The van der Waals surface area contributed by atoms with Crippen LogP contribution in [0.1, 0.15) is 71.6 Å². The maximum absolute atomic E-state index is 11.2. The van der Waals surface area contributed by atoms with E-state index in [1.807, 2.05) is 0 Å². The molecule has 1 aromatic heterocycles. The number of aromatic nitrogens is 2. The Morgan fingerprint density at radius 1 is 0.925 bits per heavy atom. The quantitative estimate of drug-likeness (QED) is 0.142. The van der Waals surface area contributed by atoms with Gasteiger partial charge in [-0.25, -0.2) is 0 Å². The predicted molar refractivity (Wildman–Crippen MR) is 165 cm³/mol. The lowest BCUT2D eigenvalue weighted by Gasteiger charge is -2.35. The fraction of sp³-hybridized carbons (Fsp3) is 0.857. The molecule has 0 aromatic carbocycles. The van der Waals surface area contributed by atoms with Crippen molar-refractivity contribution in [1.82, 2.24) is 25.5 Å². The zero-order valence-electron chi connectivity index (χ0n) is 23.6. The molecule has 2 saturated carbocycles. The first-order chi connectivity index (χ1) is 18.8. The molecule has 0 bridgehead atoms. The van der Waals surface area contributed by atoms with E-state index in [1.165, 1.54) is 64.2 Å². The van der Waals surface area contributed by atoms with Gasteiger partial charge in [0.25, 0.3) is 0 Å². The summed E-state index contributed by atoms with van der Waals surface area (Å²) in [5.74, 6) is 3.26. The van der Waals surface area contributed by atoms with Gasteiger partial charge in [-0.2, -0.15) is 9.97 Å². The van der Waals surface area contributed by atoms with Gasteiger partial charge in [0, 0.05) is 51.4 Å². The molecule has 0 amide bonds. The number of rotatable bonds is 14. The molecule has 11 nitrogen and oxygen atoms in total. The zero-order valence-corrected chi connectivity index (χ0v) is 24.5. The first kappa shape index (κ1) is 33.0.